The predicted molar refractivity (Wildman–Crippen MR) is 88.9 cm³/mol. The van der Waals surface area contributed by atoms with Gasteiger partial charge in [-0.3, -0.25) is 0 Å². The summed E-state index contributed by atoms with van der Waals surface area (Å²) in [4.78, 5) is 18.7. The average Bonchev–Trinajstić information content (AvgIpc) is 3.22. The minimum absolute atomic E-state index is 0.318. The van der Waals surface area contributed by atoms with Crippen LogP contribution in [0.2, 0.25) is 0 Å². The van der Waals surface area contributed by atoms with Gasteiger partial charge >= 0.3 is 6.09 Å². The van der Waals surface area contributed by atoms with Gasteiger partial charge in [-0.05, 0) is 24.3 Å². The van der Waals surface area contributed by atoms with Crippen molar-refractivity contribution in [2.24, 2.45) is 5.73 Å². The second-order valence-electron chi connectivity index (χ2n) is 5.17. The van der Waals surface area contributed by atoms with E-state index in [2.05, 4.69) is 15.1 Å². The van der Waals surface area contributed by atoms with Crippen LogP contribution in [0.1, 0.15) is 0 Å². The van der Waals surface area contributed by atoms with Crippen molar-refractivity contribution in [1.82, 2.24) is 19.7 Å². The summed E-state index contributed by atoms with van der Waals surface area (Å²) in [5.74, 6) is 0.950. The molecule has 4 rings (SSSR count). The summed E-state index contributed by atoms with van der Waals surface area (Å²) in [6, 6.07) is 15.0. The number of H-pyrrole nitrogens is 1. The van der Waals surface area contributed by atoms with Gasteiger partial charge in [-0.15, -0.1) is 0 Å². The van der Waals surface area contributed by atoms with Crippen LogP contribution >= 0.6 is 0 Å². The number of amides is 1. The van der Waals surface area contributed by atoms with E-state index in [1.54, 1.807) is 23.0 Å². The maximum atomic E-state index is 11.0. The highest BCUT2D eigenvalue weighted by molar-refractivity contribution is 5.86. The highest BCUT2D eigenvalue weighted by Crippen LogP contribution is 2.27. The number of carbonyl (C=O) groups is 1. The Balaban J connectivity index is 1.75. The molecule has 2 aromatic heterocycles. The molecule has 0 fully saturated rings. The smallest absolute Gasteiger partial charge is 0.408 e. The van der Waals surface area contributed by atoms with Crippen LogP contribution in [-0.2, 0) is 0 Å². The maximum Gasteiger partial charge on any atom is 0.410 e. The van der Waals surface area contributed by atoms with E-state index in [-0.39, 0.29) is 0 Å². The molecular formula is C17H13N5O2. The first kappa shape index (κ1) is 14.0. The van der Waals surface area contributed by atoms with Crippen molar-refractivity contribution in [2.75, 3.05) is 0 Å². The fourth-order valence-corrected chi connectivity index (χ4v) is 2.50. The fraction of sp³-hybridized carbons (Fsp3) is 0. The molecule has 2 heterocycles. The van der Waals surface area contributed by atoms with E-state index in [0.29, 0.717) is 17.1 Å². The van der Waals surface area contributed by atoms with Gasteiger partial charge in [0.15, 0.2) is 5.75 Å². The number of ether oxygens (including phenoxy) is 1. The molecule has 4 aromatic rings. The minimum atomic E-state index is -0.871. The van der Waals surface area contributed by atoms with Crippen molar-refractivity contribution in [3.8, 4) is 22.8 Å². The lowest BCUT2D eigenvalue weighted by Crippen LogP contribution is -2.16. The number of rotatable bonds is 3. The van der Waals surface area contributed by atoms with Gasteiger partial charge in [0.05, 0.1) is 23.0 Å². The predicted octanol–water partition coefficient (Wildman–Crippen LogP) is 2.87. The quantitative estimate of drug-likeness (QED) is 0.606. The molecule has 0 radical (unpaired) electrons. The van der Waals surface area contributed by atoms with Gasteiger partial charge in [0.25, 0.3) is 0 Å². The van der Waals surface area contributed by atoms with Gasteiger partial charge in [-0.1, -0.05) is 24.3 Å². The second-order valence-corrected chi connectivity index (χ2v) is 5.17. The van der Waals surface area contributed by atoms with Crippen LogP contribution in [-0.4, -0.2) is 25.8 Å². The SMILES string of the molecule is NC(=O)Oc1cccc2[nH]c(-c3cnn(-c4ccccc4)c3)nc12. The van der Waals surface area contributed by atoms with Crippen LogP contribution in [0.4, 0.5) is 4.79 Å². The summed E-state index contributed by atoms with van der Waals surface area (Å²) in [6.07, 6.45) is 2.73. The number of aromatic nitrogens is 4. The monoisotopic (exact) mass is 319 g/mol. The Hall–Kier alpha value is -3.61. The molecule has 24 heavy (non-hydrogen) atoms. The van der Waals surface area contributed by atoms with Crippen LogP contribution in [0.5, 0.6) is 5.75 Å². The molecule has 0 atom stereocenters. The normalized spacial score (nSPS) is 10.8. The number of hydrogen-bond acceptors (Lipinski definition) is 4. The molecule has 1 amide bonds. The summed E-state index contributed by atoms with van der Waals surface area (Å²) in [5.41, 5.74) is 8.15. The Labute approximate surface area is 136 Å². The molecule has 0 aliphatic rings. The molecule has 0 aliphatic carbocycles. The van der Waals surface area contributed by atoms with E-state index in [4.69, 9.17) is 10.5 Å². The molecule has 0 bridgehead atoms. The van der Waals surface area contributed by atoms with Crippen molar-refractivity contribution in [3.63, 3.8) is 0 Å². The number of para-hydroxylation sites is 2. The zero-order chi connectivity index (χ0) is 16.5. The molecule has 7 heteroatoms. The first-order valence-corrected chi connectivity index (χ1v) is 7.27. The van der Waals surface area contributed by atoms with Gasteiger partial charge in [-0.25, -0.2) is 14.5 Å². The zero-order valence-corrected chi connectivity index (χ0v) is 12.5. The van der Waals surface area contributed by atoms with Crippen LogP contribution in [0.25, 0.3) is 28.1 Å². The molecule has 3 N–H and O–H groups in total. The van der Waals surface area contributed by atoms with Crippen LogP contribution in [0.15, 0.2) is 60.9 Å². The first-order valence-electron chi connectivity index (χ1n) is 7.27. The van der Waals surface area contributed by atoms with E-state index in [0.717, 1.165) is 16.8 Å². The molecule has 2 aromatic carbocycles. The molecule has 0 saturated heterocycles. The van der Waals surface area contributed by atoms with Gasteiger partial charge in [0.1, 0.15) is 11.3 Å². The Morgan fingerprint density at radius 1 is 1.12 bits per heavy atom. The first-order chi connectivity index (χ1) is 11.7. The number of carbonyl (C=O) groups excluding carboxylic acids is 1. The summed E-state index contributed by atoms with van der Waals surface area (Å²) >= 11 is 0. The maximum absolute atomic E-state index is 11.0. The number of primary amides is 1. The third kappa shape index (κ3) is 2.48. The number of nitrogens with zero attached hydrogens (tertiary/aromatic N) is 3. The molecule has 0 saturated carbocycles. The highest BCUT2D eigenvalue weighted by atomic mass is 16.5. The summed E-state index contributed by atoms with van der Waals surface area (Å²) < 4.78 is 6.75. The van der Waals surface area contributed by atoms with E-state index >= 15 is 0 Å². The number of benzene rings is 2. The van der Waals surface area contributed by atoms with Gasteiger partial charge in [0.2, 0.25) is 0 Å². The average molecular weight is 319 g/mol. The summed E-state index contributed by atoms with van der Waals surface area (Å²) in [6.45, 7) is 0. The molecule has 7 nitrogen and oxygen atoms in total. The highest BCUT2D eigenvalue weighted by Gasteiger charge is 2.13. The Bertz CT molecular complexity index is 1020. The number of imidazole rings is 1. The Kier molecular flexibility index (Phi) is 3.24. The van der Waals surface area contributed by atoms with Crippen molar-refractivity contribution in [2.45, 2.75) is 0 Å². The second kappa shape index (κ2) is 5.54. The number of hydrogen-bond donors (Lipinski definition) is 2. The third-order valence-electron chi connectivity index (χ3n) is 3.56. The number of nitrogens with one attached hydrogen (secondary N) is 1. The lowest BCUT2D eigenvalue weighted by Gasteiger charge is -1.99. The largest absolute Gasteiger partial charge is 0.410 e. The van der Waals surface area contributed by atoms with Gasteiger partial charge < -0.3 is 15.5 Å². The topological polar surface area (TPSA) is 98.8 Å². The molecule has 0 spiro atoms. The van der Waals surface area contributed by atoms with Crippen molar-refractivity contribution in [3.05, 3.63) is 60.9 Å². The van der Waals surface area contributed by atoms with Crippen molar-refractivity contribution in [1.29, 1.82) is 0 Å². The van der Waals surface area contributed by atoms with Crippen molar-refractivity contribution >= 4 is 17.1 Å². The summed E-state index contributed by atoms with van der Waals surface area (Å²) in [7, 11) is 0. The van der Waals surface area contributed by atoms with Crippen LogP contribution in [0.3, 0.4) is 0 Å². The molecule has 118 valence electrons. The molecule has 0 unspecified atom stereocenters. The number of nitrogens with two attached hydrogens (primary N) is 1. The molecule has 0 aliphatic heterocycles. The van der Waals surface area contributed by atoms with Crippen molar-refractivity contribution < 1.29 is 9.53 Å². The van der Waals surface area contributed by atoms with Gasteiger partial charge in [0, 0.05) is 6.20 Å². The standard InChI is InChI=1S/C17H13N5O2/c18-17(23)24-14-8-4-7-13-15(14)21-16(20-13)11-9-19-22(10-11)12-5-2-1-3-6-12/h1-10H,(H2,18,23)(H,20,21). The summed E-state index contributed by atoms with van der Waals surface area (Å²) in [5, 5.41) is 4.36. The zero-order valence-electron chi connectivity index (χ0n) is 12.5. The fourth-order valence-electron chi connectivity index (χ4n) is 2.50. The van der Waals surface area contributed by atoms with E-state index in [1.807, 2.05) is 42.6 Å². The van der Waals surface area contributed by atoms with E-state index in [1.165, 1.54) is 0 Å². The lowest BCUT2D eigenvalue weighted by atomic mass is 10.3. The lowest BCUT2D eigenvalue weighted by molar-refractivity contribution is 0.211. The van der Waals surface area contributed by atoms with E-state index in [9.17, 15) is 4.79 Å². The van der Waals surface area contributed by atoms with E-state index < -0.39 is 6.09 Å². The Morgan fingerprint density at radius 2 is 1.96 bits per heavy atom. The minimum Gasteiger partial charge on any atom is -0.408 e. The number of aromatic amines is 1. The van der Waals surface area contributed by atoms with Crippen LogP contribution in [0, 0.1) is 0 Å². The molecular weight excluding hydrogens is 306 g/mol. The third-order valence-corrected chi connectivity index (χ3v) is 3.56. The Morgan fingerprint density at radius 3 is 2.75 bits per heavy atom. The van der Waals surface area contributed by atoms with Gasteiger partial charge in [-0.2, -0.15) is 5.10 Å². The number of fused-ring (bicyclic) bond motifs is 1. The van der Waals surface area contributed by atoms with Crippen LogP contribution < -0.4 is 10.5 Å².